The normalized spacial score (nSPS) is 18.7. The van der Waals surface area contributed by atoms with Gasteiger partial charge in [-0.3, -0.25) is 4.90 Å². The van der Waals surface area contributed by atoms with Crippen LogP contribution < -0.4 is 0 Å². The van der Waals surface area contributed by atoms with E-state index in [1.807, 2.05) is 0 Å². The molecule has 1 aliphatic rings. The number of nitrogens with zero attached hydrogens (tertiary/aromatic N) is 1. The van der Waals surface area contributed by atoms with Crippen molar-refractivity contribution in [1.29, 1.82) is 0 Å². The van der Waals surface area contributed by atoms with E-state index in [0.29, 0.717) is 13.0 Å². The molecule has 32 heavy (non-hydrogen) atoms. The quantitative estimate of drug-likeness (QED) is 0.376. The Hall–Kier alpha value is -2.98. The molecule has 0 amide bonds. The Morgan fingerprint density at radius 3 is 1.75 bits per heavy atom. The van der Waals surface area contributed by atoms with Crippen LogP contribution in [0.25, 0.3) is 6.08 Å². The molecule has 2 nitrogen and oxygen atoms in total. The molecule has 0 saturated carbocycles. The minimum absolute atomic E-state index is 0.409. The summed E-state index contributed by atoms with van der Waals surface area (Å²) in [5, 5.41) is 13.0. The monoisotopic (exact) mass is 437 g/mol. The van der Waals surface area contributed by atoms with Gasteiger partial charge in [-0.2, -0.15) is 0 Å². The zero-order valence-electron chi connectivity index (χ0n) is 18.0. The molecule has 3 heteroatoms. The van der Waals surface area contributed by atoms with Crippen molar-refractivity contribution >= 4 is 17.4 Å². The SMILES string of the molecule is OC1CCN(C(c2ccccc2)(c2ccccc2)c2ccccc2)C/C1=C/c1cccs1. The highest BCUT2D eigenvalue weighted by atomic mass is 32.1. The molecular weight excluding hydrogens is 410 g/mol. The second-order valence-corrected chi connectivity index (χ2v) is 9.25. The third kappa shape index (κ3) is 3.84. The fraction of sp³-hybridized carbons (Fsp3) is 0.172. The Bertz CT molecular complexity index is 1060. The van der Waals surface area contributed by atoms with Crippen LogP contribution in [0.3, 0.4) is 0 Å². The molecule has 0 bridgehead atoms. The van der Waals surface area contributed by atoms with Crippen LogP contribution in [-0.2, 0) is 5.54 Å². The molecule has 2 heterocycles. The number of aliphatic hydroxyl groups is 1. The lowest BCUT2D eigenvalue weighted by molar-refractivity contribution is 0.0872. The summed E-state index contributed by atoms with van der Waals surface area (Å²) in [4.78, 5) is 3.73. The van der Waals surface area contributed by atoms with Crippen molar-refractivity contribution in [3.63, 3.8) is 0 Å². The Balaban J connectivity index is 1.71. The van der Waals surface area contributed by atoms with Crippen molar-refractivity contribution in [1.82, 2.24) is 4.90 Å². The van der Waals surface area contributed by atoms with Crippen molar-refractivity contribution < 1.29 is 5.11 Å². The van der Waals surface area contributed by atoms with E-state index in [1.54, 1.807) is 11.3 Å². The van der Waals surface area contributed by atoms with Gasteiger partial charge in [0.25, 0.3) is 0 Å². The van der Waals surface area contributed by atoms with Crippen LogP contribution in [0.5, 0.6) is 0 Å². The largest absolute Gasteiger partial charge is 0.389 e. The van der Waals surface area contributed by atoms with Crippen molar-refractivity contribution in [2.24, 2.45) is 0 Å². The third-order valence-corrected chi connectivity index (χ3v) is 7.21. The van der Waals surface area contributed by atoms with Gasteiger partial charge in [-0.25, -0.2) is 0 Å². The zero-order valence-corrected chi connectivity index (χ0v) is 18.8. The predicted octanol–water partition coefficient (Wildman–Crippen LogP) is 6.19. The van der Waals surface area contributed by atoms with Crippen LogP contribution in [0.15, 0.2) is 114 Å². The van der Waals surface area contributed by atoms with E-state index < -0.39 is 11.6 Å². The molecule has 0 aliphatic carbocycles. The van der Waals surface area contributed by atoms with Gasteiger partial charge in [0, 0.05) is 18.0 Å². The standard InChI is InChI=1S/C29H27NOS/c31-28-18-19-30(22-23(28)21-27-17-10-20-32-27)29(24-11-4-1-5-12-24,25-13-6-2-7-14-25)26-15-8-3-9-16-26/h1-17,20-21,28,31H,18-19,22H2/b23-21-. The number of likely N-dealkylation sites (tertiary alicyclic amines) is 1. The Morgan fingerprint density at radius 1 is 0.750 bits per heavy atom. The number of aliphatic hydroxyl groups excluding tert-OH is 1. The topological polar surface area (TPSA) is 23.5 Å². The fourth-order valence-corrected chi connectivity index (χ4v) is 5.63. The van der Waals surface area contributed by atoms with Gasteiger partial charge < -0.3 is 5.11 Å². The highest BCUT2D eigenvalue weighted by molar-refractivity contribution is 7.10. The van der Waals surface area contributed by atoms with E-state index in [4.69, 9.17) is 0 Å². The molecule has 0 spiro atoms. The van der Waals surface area contributed by atoms with E-state index in [2.05, 4.69) is 119 Å². The van der Waals surface area contributed by atoms with Crippen molar-refractivity contribution in [3.05, 3.63) is 136 Å². The summed E-state index contributed by atoms with van der Waals surface area (Å²) in [6.45, 7) is 1.51. The third-order valence-electron chi connectivity index (χ3n) is 6.39. The number of hydrogen-bond donors (Lipinski definition) is 1. The maximum Gasteiger partial charge on any atom is 0.0975 e. The number of benzene rings is 3. The van der Waals surface area contributed by atoms with Gasteiger partial charge in [0.05, 0.1) is 11.6 Å². The fourth-order valence-electron chi connectivity index (χ4n) is 4.94. The van der Waals surface area contributed by atoms with Gasteiger partial charge in [-0.1, -0.05) is 97.1 Å². The molecule has 1 atom stereocenters. The number of rotatable bonds is 5. The summed E-state index contributed by atoms with van der Waals surface area (Å²) in [5.41, 5.74) is 4.35. The molecule has 1 fully saturated rings. The van der Waals surface area contributed by atoms with Gasteiger partial charge in [0.2, 0.25) is 0 Å². The molecule has 160 valence electrons. The maximum absolute atomic E-state index is 10.9. The summed E-state index contributed by atoms with van der Waals surface area (Å²) in [5.74, 6) is 0. The van der Waals surface area contributed by atoms with Gasteiger partial charge in [-0.15, -0.1) is 11.3 Å². The first-order valence-corrected chi connectivity index (χ1v) is 12.0. The zero-order chi connectivity index (χ0) is 21.8. The first-order valence-electron chi connectivity index (χ1n) is 11.1. The summed E-state index contributed by atoms with van der Waals surface area (Å²) >= 11 is 1.71. The molecule has 0 radical (unpaired) electrons. The van der Waals surface area contributed by atoms with Crippen LogP contribution in [0.2, 0.25) is 0 Å². The molecule has 1 aromatic heterocycles. The Morgan fingerprint density at radius 2 is 1.28 bits per heavy atom. The van der Waals surface area contributed by atoms with E-state index in [1.165, 1.54) is 21.6 Å². The smallest absolute Gasteiger partial charge is 0.0975 e. The van der Waals surface area contributed by atoms with Gasteiger partial charge >= 0.3 is 0 Å². The molecule has 1 saturated heterocycles. The van der Waals surface area contributed by atoms with E-state index in [0.717, 1.165) is 12.1 Å². The Kier molecular flexibility index (Phi) is 6.04. The lowest BCUT2D eigenvalue weighted by Crippen LogP contribution is -2.52. The molecule has 1 N–H and O–H groups in total. The number of thiophene rings is 1. The molecule has 1 unspecified atom stereocenters. The van der Waals surface area contributed by atoms with Crippen molar-refractivity contribution in [2.75, 3.05) is 13.1 Å². The minimum Gasteiger partial charge on any atom is -0.389 e. The van der Waals surface area contributed by atoms with Crippen molar-refractivity contribution in [2.45, 2.75) is 18.1 Å². The molecule has 3 aromatic carbocycles. The highest BCUT2D eigenvalue weighted by Crippen LogP contribution is 2.44. The predicted molar refractivity (Wildman–Crippen MR) is 134 cm³/mol. The minimum atomic E-state index is -0.446. The van der Waals surface area contributed by atoms with Crippen LogP contribution in [0.1, 0.15) is 28.0 Å². The second kappa shape index (κ2) is 9.25. The second-order valence-electron chi connectivity index (χ2n) is 8.27. The van der Waals surface area contributed by atoms with Crippen LogP contribution in [-0.4, -0.2) is 29.2 Å². The molecule has 1 aliphatic heterocycles. The highest BCUT2D eigenvalue weighted by Gasteiger charge is 2.44. The maximum atomic E-state index is 10.9. The van der Waals surface area contributed by atoms with Crippen LogP contribution >= 0.6 is 11.3 Å². The van der Waals surface area contributed by atoms with Crippen molar-refractivity contribution in [3.8, 4) is 0 Å². The average molecular weight is 438 g/mol. The van der Waals surface area contributed by atoms with Crippen LogP contribution in [0, 0.1) is 0 Å². The van der Waals surface area contributed by atoms with E-state index in [-0.39, 0.29) is 0 Å². The van der Waals surface area contributed by atoms with Gasteiger partial charge in [-0.05, 0) is 46.2 Å². The average Bonchev–Trinajstić information content (AvgIpc) is 3.37. The summed E-state index contributed by atoms with van der Waals surface area (Å²) in [6.07, 6.45) is 2.48. The first-order chi connectivity index (χ1) is 15.8. The summed E-state index contributed by atoms with van der Waals surface area (Å²) in [6, 6.07) is 36.5. The summed E-state index contributed by atoms with van der Waals surface area (Å²) in [7, 11) is 0. The summed E-state index contributed by atoms with van der Waals surface area (Å²) < 4.78 is 0. The lowest BCUT2D eigenvalue weighted by Gasteiger charge is -2.48. The lowest BCUT2D eigenvalue weighted by atomic mass is 9.74. The van der Waals surface area contributed by atoms with Crippen LogP contribution in [0.4, 0.5) is 0 Å². The first kappa shape index (κ1) is 20.9. The molecular formula is C29H27NOS. The van der Waals surface area contributed by atoms with E-state index >= 15 is 0 Å². The molecule has 5 rings (SSSR count). The van der Waals surface area contributed by atoms with Gasteiger partial charge in [0.15, 0.2) is 0 Å². The number of hydrogen-bond acceptors (Lipinski definition) is 3. The Labute approximate surface area is 194 Å². The molecule has 4 aromatic rings. The number of piperidine rings is 1. The van der Waals surface area contributed by atoms with Gasteiger partial charge in [0.1, 0.15) is 0 Å². The van der Waals surface area contributed by atoms with E-state index in [9.17, 15) is 5.11 Å².